The van der Waals surface area contributed by atoms with Gasteiger partial charge in [-0.15, -0.1) is 0 Å². The van der Waals surface area contributed by atoms with E-state index in [0.717, 1.165) is 11.1 Å². The summed E-state index contributed by atoms with van der Waals surface area (Å²) in [6.07, 6.45) is 0.325. The Labute approximate surface area is 147 Å². The zero-order valence-electron chi connectivity index (χ0n) is 14.0. The number of carbonyl (C=O) groups excluding carboxylic acids is 2. The maximum absolute atomic E-state index is 11.8. The Morgan fingerprint density at radius 2 is 1.92 bits per heavy atom. The number of hydrogen-bond acceptors (Lipinski definition) is 3. The van der Waals surface area contributed by atoms with Crippen molar-refractivity contribution in [2.24, 2.45) is 5.73 Å². The Balaban J connectivity index is 1.74. The Bertz CT molecular complexity index is 819. The first-order chi connectivity index (χ1) is 12.1. The molecule has 2 aromatic rings. The van der Waals surface area contributed by atoms with Gasteiger partial charge >= 0.3 is 0 Å². The monoisotopic (exact) mass is 336 g/mol. The minimum absolute atomic E-state index is 0.0834. The molecule has 0 bridgehead atoms. The fraction of sp³-hybridized carbons (Fsp3) is 0.200. The number of ether oxygens (including phenoxy) is 1. The molecule has 25 heavy (non-hydrogen) atoms. The number of primary amides is 1. The van der Waals surface area contributed by atoms with E-state index < -0.39 is 5.91 Å². The standard InChI is InChI=1S/C20H20N2O3/c1-15-7-6-8-16(13-15)14-19(23)22-11-4-5-12-25-18-10-3-2-9-17(18)20(21)24/h2-3,6-10,13H,11-12,14H2,1H3,(H2,21,24)(H,22,23). The molecular formula is C20H20N2O3. The third-order valence-electron chi connectivity index (χ3n) is 3.40. The first-order valence-corrected chi connectivity index (χ1v) is 7.86. The van der Waals surface area contributed by atoms with Crippen molar-refractivity contribution in [3.8, 4) is 17.6 Å². The first-order valence-electron chi connectivity index (χ1n) is 7.86. The second-order valence-corrected chi connectivity index (χ2v) is 5.45. The third kappa shape index (κ3) is 6.04. The summed E-state index contributed by atoms with van der Waals surface area (Å²) in [5, 5.41) is 2.74. The van der Waals surface area contributed by atoms with Crippen LogP contribution in [0.1, 0.15) is 21.5 Å². The van der Waals surface area contributed by atoms with Gasteiger partial charge in [0, 0.05) is 0 Å². The molecule has 2 amide bonds. The Kier molecular flexibility index (Phi) is 6.61. The molecule has 0 radical (unpaired) electrons. The molecule has 0 atom stereocenters. The summed E-state index contributed by atoms with van der Waals surface area (Å²) in [6, 6.07) is 14.5. The zero-order chi connectivity index (χ0) is 18.1. The minimum atomic E-state index is -0.549. The topological polar surface area (TPSA) is 81.4 Å². The summed E-state index contributed by atoms with van der Waals surface area (Å²) < 4.78 is 5.43. The molecule has 0 aliphatic heterocycles. The maximum atomic E-state index is 11.8. The van der Waals surface area contributed by atoms with Gasteiger partial charge in [0.05, 0.1) is 18.5 Å². The van der Waals surface area contributed by atoms with Gasteiger partial charge in [0.15, 0.2) is 0 Å². The van der Waals surface area contributed by atoms with E-state index in [-0.39, 0.29) is 19.1 Å². The normalized spacial score (nSPS) is 9.64. The smallest absolute Gasteiger partial charge is 0.252 e. The van der Waals surface area contributed by atoms with Gasteiger partial charge in [-0.25, -0.2) is 0 Å². The fourth-order valence-corrected chi connectivity index (χ4v) is 2.24. The molecule has 0 aliphatic carbocycles. The molecule has 5 nitrogen and oxygen atoms in total. The van der Waals surface area contributed by atoms with Gasteiger partial charge in [0.25, 0.3) is 5.91 Å². The average Bonchev–Trinajstić information content (AvgIpc) is 2.58. The SMILES string of the molecule is Cc1cccc(CC(=O)NCC#CCOc2ccccc2C(N)=O)c1. The van der Waals surface area contributed by atoms with E-state index >= 15 is 0 Å². The molecule has 2 aromatic carbocycles. The van der Waals surface area contributed by atoms with E-state index in [0.29, 0.717) is 17.7 Å². The van der Waals surface area contributed by atoms with E-state index in [9.17, 15) is 9.59 Å². The van der Waals surface area contributed by atoms with Crippen LogP contribution in [-0.4, -0.2) is 25.0 Å². The van der Waals surface area contributed by atoms with Crippen LogP contribution in [0.4, 0.5) is 0 Å². The number of nitrogens with one attached hydrogen (secondary N) is 1. The largest absolute Gasteiger partial charge is 0.480 e. The predicted octanol–water partition coefficient (Wildman–Crippen LogP) is 1.84. The molecule has 0 saturated carbocycles. The summed E-state index contributed by atoms with van der Waals surface area (Å²) in [7, 11) is 0. The van der Waals surface area contributed by atoms with Gasteiger partial charge in [-0.3, -0.25) is 9.59 Å². The van der Waals surface area contributed by atoms with Gasteiger partial charge in [-0.2, -0.15) is 0 Å². The summed E-state index contributed by atoms with van der Waals surface area (Å²) in [6.45, 7) is 2.34. The molecule has 0 fully saturated rings. The van der Waals surface area contributed by atoms with Crippen LogP contribution in [0.3, 0.4) is 0 Å². The molecular weight excluding hydrogens is 316 g/mol. The van der Waals surface area contributed by atoms with Gasteiger partial charge in [0.2, 0.25) is 5.91 Å². The summed E-state index contributed by atoms with van der Waals surface area (Å²) in [5.41, 5.74) is 7.68. The highest BCUT2D eigenvalue weighted by atomic mass is 16.5. The van der Waals surface area contributed by atoms with Crippen molar-refractivity contribution in [2.75, 3.05) is 13.2 Å². The summed E-state index contributed by atoms with van der Waals surface area (Å²) >= 11 is 0. The quantitative estimate of drug-likeness (QED) is 0.790. The molecule has 0 heterocycles. The van der Waals surface area contributed by atoms with E-state index in [1.54, 1.807) is 24.3 Å². The van der Waals surface area contributed by atoms with E-state index in [2.05, 4.69) is 17.2 Å². The van der Waals surface area contributed by atoms with E-state index in [1.165, 1.54) is 0 Å². The van der Waals surface area contributed by atoms with Crippen molar-refractivity contribution in [1.82, 2.24) is 5.32 Å². The van der Waals surface area contributed by atoms with Crippen LogP contribution in [0.5, 0.6) is 5.75 Å². The number of hydrogen-bond donors (Lipinski definition) is 2. The molecule has 0 unspecified atom stereocenters. The maximum Gasteiger partial charge on any atom is 0.252 e. The number of para-hydroxylation sites is 1. The predicted molar refractivity (Wildman–Crippen MR) is 96.1 cm³/mol. The fourth-order valence-electron chi connectivity index (χ4n) is 2.24. The number of benzene rings is 2. The molecule has 0 spiro atoms. The molecule has 5 heteroatoms. The lowest BCUT2D eigenvalue weighted by Gasteiger charge is -2.05. The second-order valence-electron chi connectivity index (χ2n) is 5.45. The highest BCUT2D eigenvalue weighted by Crippen LogP contribution is 2.16. The van der Waals surface area contributed by atoms with Crippen molar-refractivity contribution in [1.29, 1.82) is 0 Å². The lowest BCUT2D eigenvalue weighted by atomic mass is 10.1. The van der Waals surface area contributed by atoms with Crippen molar-refractivity contribution in [2.45, 2.75) is 13.3 Å². The lowest BCUT2D eigenvalue weighted by Crippen LogP contribution is -2.25. The first kappa shape index (κ1) is 18.1. The van der Waals surface area contributed by atoms with Crippen LogP contribution in [0.2, 0.25) is 0 Å². The molecule has 0 aromatic heterocycles. The van der Waals surface area contributed by atoms with E-state index in [4.69, 9.17) is 10.5 Å². The highest BCUT2D eigenvalue weighted by Gasteiger charge is 2.07. The van der Waals surface area contributed by atoms with Crippen molar-refractivity contribution in [3.05, 3.63) is 65.2 Å². The highest BCUT2D eigenvalue weighted by molar-refractivity contribution is 5.95. The third-order valence-corrected chi connectivity index (χ3v) is 3.40. The van der Waals surface area contributed by atoms with Gasteiger partial charge in [-0.1, -0.05) is 53.8 Å². The summed E-state index contributed by atoms with van der Waals surface area (Å²) in [4.78, 5) is 23.1. The number of amides is 2. The van der Waals surface area contributed by atoms with Gasteiger partial charge in [-0.05, 0) is 24.6 Å². The van der Waals surface area contributed by atoms with Crippen LogP contribution >= 0.6 is 0 Å². The van der Waals surface area contributed by atoms with Crippen LogP contribution < -0.4 is 15.8 Å². The molecule has 0 saturated heterocycles. The molecule has 0 aliphatic rings. The lowest BCUT2D eigenvalue weighted by molar-refractivity contribution is -0.120. The van der Waals surface area contributed by atoms with Gasteiger partial charge in [0.1, 0.15) is 12.4 Å². The number of rotatable bonds is 6. The second kappa shape index (κ2) is 9.14. The number of nitrogens with two attached hydrogens (primary N) is 1. The summed E-state index contributed by atoms with van der Waals surface area (Å²) in [5.74, 6) is 5.36. The minimum Gasteiger partial charge on any atom is -0.480 e. The molecule has 128 valence electrons. The molecule has 2 rings (SSSR count). The Hall–Kier alpha value is -3.26. The van der Waals surface area contributed by atoms with E-state index in [1.807, 2.05) is 31.2 Å². The number of carbonyl (C=O) groups is 2. The van der Waals surface area contributed by atoms with Crippen LogP contribution in [0.15, 0.2) is 48.5 Å². The Morgan fingerprint density at radius 3 is 2.68 bits per heavy atom. The van der Waals surface area contributed by atoms with Crippen LogP contribution in [0, 0.1) is 18.8 Å². The zero-order valence-corrected chi connectivity index (χ0v) is 14.0. The van der Waals surface area contributed by atoms with Crippen LogP contribution in [0.25, 0.3) is 0 Å². The average molecular weight is 336 g/mol. The van der Waals surface area contributed by atoms with Gasteiger partial charge < -0.3 is 15.8 Å². The Morgan fingerprint density at radius 1 is 1.12 bits per heavy atom. The van der Waals surface area contributed by atoms with Crippen molar-refractivity contribution < 1.29 is 14.3 Å². The van der Waals surface area contributed by atoms with Crippen LogP contribution in [-0.2, 0) is 11.2 Å². The number of aryl methyl sites for hydroxylation is 1. The van der Waals surface area contributed by atoms with Crippen molar-refractivity contribution in [3.63, 3.8) is 0 Å². The molecule has 3 N–H and O–H groups in total. The van der Waals surface area contributed by atoms with Crippen molar-refractivity contribution >= 4 is 11.8 Å².